The van der Waals surface area contributed by atoms with Crippen LogP contribution in [0.1, 0.15) is 17.5 Å². The van der Waals surface area contributed by atoms with Gasteiger partial charge < -0.3 is 5.32 Å². The van der Waals surface area contributed by atoms with E-state index >= 15 is 0 Å². The van der Waals surface area contributed by atoms with Crippen LogP contribution in [0.2, 0.25) is 0 Å². The number of amides is 1. The lowest BCUT2D eigenvalue weighted by atomic mass is 10.2. The first-order valence-electron chi connectivity index (χ1n) is 6.70. The Kier molecular flexibility index (Phi) is 5.24. The van der Waals surface area contributed by atoms with Gasteiger partial charge in [-0.05, 0) is 37.6 Å². The third-order valence-electron chi connectivity index (χ3n) is 3.04. The van der Waals surface area contributed by atoms with Crippen molar-refractivity contribution in [3.05, 3.63) is 59.7 Å². The van der Waals surface area contributed by atoms with Crippen LogP contribution in [-0.4, -0.2) is 11.7 Å². The Morgan fingerprint density at radius 1 is 1.05 bits per heavy atom. The number of thioether (sulfide) groups is 1. The van der Waals surface area contributed by atoms with Gasteiger partial charge in [0.25, 0.3) is 0 Å². The maximum atomic E-state index is 11.9. The highest BCUT2D eigenvalue weighted by Crippen LogP contribution is 2.19. The van der Waals surface area contributed by atoms with Crippen molar-refractivity contribution in [1.29, 1.82) is 0 Å². The van der Waals surface area contributed by atoms with Crippen LogP contribution in [0.25, 0.3) is 0 Å². The molecule has 0 aliphatic carbocycles. The summed E-state index contributed by atoms with van der Waals surface area (Å²) in [6.07, 6.45) is 0.521. The van der Waals surface area contributed by atoms with Gasteiger partial charge in [0.15, 0.2) is 0 Å². The summed E-state index contributed by atoms with van der Waals surface area (Å²) in [5.74, 6) is 0.861. The number of benzene rings is 2. The van der Waals surface area contributed by atoms with E-state index in [1.165, 1.54) is 10.5 Å². The Balaban J connectivity index is 1.78. The van der Waals surface area contributed by atoms with Gasteiger partial charge in [-0.1, -0.05) is 35.9 Å². The fourth-order valence-corrected chi connectivity index (χ4v) is 2.67. The van der Waals surface area contributed by atoms with Gasteiger partial charge in [0.2, 0.25) is 5.91 Å². The molecule has 2 nitrogen and oxygen atoms in total. The fourth-order valence-electron chi connectivity index (χ4n) is 1.82. The number of carbonyl (C=O) groups excluding carboxylic acids is 1. The smallest absolute Gasteiger partial charge is 0.225 e. The molecule has 2 aromatic rings. The van der Waals surface area contributed by atoms with Crippen molar-refractivity contribution in [2.75, 3.05) is 11.1 Å². The molecule has 0 radical (unpaired) electrons. The summed E-state index contributed by atoms with van der Waals surface area (Å²) in [4.78, 5) is 13.1. The van der Waals surface area contributed by atoms with Crippen LogP contribution >= 0.6 is 11.8 Å². The summed E-state index contributed by atoms with van der Waals surface area (Å²) in [5, 5.41) is 2.95. The number of nitrogens with one attached hydrogen (secondary N) is 1. The first kappa shape index (κ1) is 14.7. The van der Waals surface area contributed by atoms with Crippen molar-refractivity contribution >= 4 is 23.4 Å². The molecule has 0 unspecified atom stereocenters. The third kappa shape index (κ3) is 4.42. The molecule has 0 fully saturated rings. The van der Waals surface area contributed by atoms with Gasteiger partial charge in [-0.3, -0.25) is 4.79 Å². The summed E-state index contributed by atoms with van der Waals surface area (Å²) in [5.41, 5.74) is 3.25. The quantitative estimate of drug-likeness (QED) is 0.824. The molecule has 0 heterocycles. The van der Waals surface area contributed by atoms with Crippen molar-refractivity contribution < 1.29 is 4.79 Å². The number of rotatable bonds is 5. The van der Waals surface area contributed by atoms with Crippen molar-refractivity contribution in [1.82, 2.24) is 0 Å². The van der Waals surface area contributed by atoms with E-state index in [1.54, 1.807) is 11.8 Å². The number of anilines is 1. The predicted molar refractivity (Wildman–Crippen MR) is 86.3 cm³/mol. The summed E-state index contributed by atoms with van der Waals surface area (Å²) < 4.78 is 0. The van der Waals surface area contributed by atoms with Gasteiger partial charge in [0, 0.05) is 22.8 Å². The molecule has 0 atom stereocenters. The van der Waals surface area contributed by atoms with E-state index in [0.717, 1.165) is 17.0 Å². The van der Waals surface area contributed by atoms with E-state index in [4.69, 9.17) is 0 Å². The second-order valence-corrected chi connectivity index (χ2v) is 5.94. The summed E-state index contributed by atoms with van der Waals surface area (Å²) in [6.45, 7) is 4.07. The molecule has 104 valence electrons. The minimum atomic E-state index is 0.0684. The van der Waals surface area contributed by atoms with Crippen LogP contribution < -0.4 is 5.32 Å². The maximum absolute atomic E-state index is 11.9. The molecule has 2 rings (SSSR count). The highest BCUT2D eigenvalue weighted by molar-refractivity contribution is 7.99. The van der Waals surface area contributed by atoms with Gasteiger partial charge >= 0.3 is 0 Å². The molecule has 0 aliphatic rings. The number of carbonyl (C=O) groups is 1. The minimum absolute atomic E-state index is 0.0684. The average molecular weight is 285 g/mol. The molecule has 0 aliphatic heterocycles. The van der Waals surface area contributed by atoms with Crippen molar-refractivity contribution in [2.24, 2.45) is 0 Å². The number of hydrogen-bond acceptors (Lipinski definition) is 2. The van der Waals surface area contributed by atoms with Crippen LogP contribution in [0.15, 0.2) is 53.4 Å². The first-order valence-corrected chi connectivity index (χ1v) is 7.68. The molecule has 0 saturated heterocycles. The Hall–Kier alpha value is -1.74. The second kappa shape index (κ2) is 7.15. The van der Waals surface area contributed by atoms with Crippen LogP contribution in [0.5, 0.6) is 0 Å². The van der Waals surface area contributed by atoms with Crippen LogP contribution in [-0.2, 0) is 4.79 Å². The Morgan fingerprint density at radius 2 is 1.75 bits per heavy atom. The topological polar surface area (TPSA) is 29.1 Å². The third-order valence-corrected chi connectivity index (χ3v) is 4.05. The van der Waals surface area contributed by atoms with Crippen LogP contribution in [0, 0.1) is 13.8 Å². The molecule has 0 saturated carbocycles. The molecule has 0 bridgehead atoms. The van der Waals surface area contributed by atoms with E-state index in [9.17, 15) is 4.79 Å². The molecule has 1 N–H and O–H groups in total. The van der Waals surface area contributed by atoms with Gasteiger partial charge in [0.1, 0.15) is 0 Å². The van der Waals surface area contributed by atoms with E-state index in [1.807, 2.05) is 31.2 Å². The Morgan fingerprint density at radius 3 is 2.45 bits per heavy atom. The van der Waals surface area contributed by atoms with E-state index in [2.05, 4.69) is 36.5 Å². The zero-order chi connectivity index (χ0) is 14.4. The summed E-state index contributed by atoms with van der Waals surface area (Å²) in [6, 6.07) is 16.2. The lowest BCUT2D eigenvalue weighted by Gasteiger charge is -2.08. The number of para-hydroxylation sites is 1. The second-order valence-electron chi connectivity index (χ2n) is 4.77. The van der Waals surface area contributed by atoms with E-state index < -0.39 is 0 Å². The zero-order valence-electron chi connectivity index (χ0n) is 11.8. The molecular formula is C17H19NOS. The Labute approximate surface area is 124 Å². The summed E-state index contributed by atoms with van der Waals surface area (Å²) in [7, 11) is 0. The zero-order valence-corrected chi connectivity index (χ0v) is 12.7. The van der Waals surface area contributed by atoms with Crippen LogP contribution in [0.3, 0.4) is 0 Å². The summed E-state index contributed by atoms with van der Waals surface area (Å²) >= 11 is 1.71. The lowest BCUT2D eigenvalue weighted by Crippen LogP contribution is -2.12. The highest BCUT2D eigenvalue weighted by Gasteiger charge is 2.04. The predicted octanol–water partition coefficient (Wildman–Crippen LogP) is 4.42. The van der Waals surface area contributed by atoms with Gasteiger partial charge in [0.05, 0.1) is 0 Å². The molecule has 0 aromatic heterocycles. The van der Waals surface area contributed by atoms with Crippen molar-refractivity contribution in [3.63, 3.8) is 0 Å². The fraction of sp³-hybridized carbons (Fsp3) is 0.235. The van der Waals surface area contributed by atoms with Crippen LogP contribution in [0.4, 0.5) is 5.69 Å². The standard InChI is InChI=1S/C17H19NOS/c1-13-7-9-15(10-8-13)20-12-11-17(19)18-16-6-4-3-5-14(16)2/h3-10H,11-12H2,1-2H3,(H,18,19). The number of hydrogen-bond donors (Lipinski definition) is 1. The molecule has 3 heteroatoms. The first-order chi connectivity index (χ1) is 9.65. The minimum Gasteiger partial charge on any atom is -0.326 e. The van der Waals surface area contributed by atoms with Crippen molar-refractivity contribution in [2.45, 2.75) is 25.2 Å². The largest absolute Gasteiger partial charge is 0.326 e. The number of aryl methyl sites for hydroxylation is 2. The van der Waals surface area contributed by atoms with Gasteiger partial charge in [-0.2, -0.15) is 0 Å². The van der Waals surface area contributed by atoms with E-state index in [-0.39, 0.29) is 5.91 Å². The molecule has 2 aromatic carbocycles. The maximum Gasteiger partial charge on any atom is 0.225 e. The molecule has 0 spiro atoms. The normalized spacial score (nSPS) is 10.3. The van der Waals surface area contributed by atoms with E-state index in [0.29, 0.717) is 6.42 Å². The highest BCUT2D eigenvalue weighted by atomic mass is 32.2. The Bertz CT molecular complexity index is 578. The monoisotopic (exact) mass is 285 g/mol. The van der Waals surface area contributed by atoms with Crippen molar-refractivity contribution in [3.8, 4) is 0 Å². The SMILES string of the molecule is Cc1ccc(SCCC(=O)Nc2ccccc2C)cc1. The van der Waals surface area contributed by atoms with Gasteiger partial charge in [-0.25, -0.2) is 0 Å². The lowest BCUT2D eigenvalue weighted by molar-refractivity contribution is -0.115. The molecule has 1 amide bonds. The molecular weight excluding hydrogens is 266 g/mol. The molecule has 20 heavy (non-hydrogen) atoms. The van der Waals surface area contributed by atoms with Gasteiger partial charge in [-0.15, -0.1) is 11.8 Å². The average Bonchev–Trinajstić information content (AvgIpc) is 2.44.